The molecule has 0 radical (unpaired) electrons. The van der Waals surface area contributed by atoms with E-state index in [0.29, 0.717) is 0 Å². The summed E-state index contributed by atoms with van der Waals surface area (Å²) in [5.41, 5.74) is 3.98. The molecule has 4 atom stereocenters. The molecule has 2 aliphatic rings. The topological polar surface area (TPSA) is 66.4 Å². The molecule has 1 amide bonds. The number of aryl methyl sites for hydroxylation is 3. The van der Waals surface area contributed by atoms with Gasteiger partial charge in [0, 0.05) is 5.69 Å². The van der Waals surface area contributed by atoms with Crippen LogP contribution in [0.5, 0.6) is 0 Å². The molecule has 2 bridgehead atoms. The SMILES string of the molecule is Cc1cc(C)c(NC(=O)[C@H]2[C@@H](C(=O)O)[C@H]3C=C[C@H]2C3)c(C)c1. The van der Waals surface area contributed by atoms with E-state index in [4.69, 9.17) is 0 Å². The van der Waals surface area contributed by atoms with Crippen LogP contribution in [0.15, 0.2) is 24.3 Å². The van der Waals surface area contributed by atoms with Gasteiger partial charge in [-0.2, -0.15) is 0 Å². The lowest BCUT2D eigenvalue weighted by Gasteiger charge is -2.24. The van der Waals surface area contributed by atoms with Crippen LogP contribution in [-0.2, 0) is 9.59 Å². The molecule has 22 heavy (non-hydrogen) atoms. The van der Waals surface area contributed by atoms with Crippen LogP contribution in [0.2, 0.25) is 0 Å². The minimum absolute atomic E-state index is 0.00142. The quantitative estimate of drug-likeness (QED) is 0.843. The molecule has 1 aromatic rings. The van der Waals surface area contributed by atoms with E-state index >= 15 is 0 Å². The number of carbonyl (C=O) groups is 2. The highest BCUT2D eigenvalue weighted by atomic mass is 16.4. The molecule has 0 saturated heterocycles. The van der Waals surface area contributed by atoms with Crippen molar-refractivity contribution in [3.8, 4) is 0 Å². The van der Waals surface area contributed by atoms with E-state index in [1.54, 1.807) is 0 Å². The average molecular weight is 299 g/mol. The smallest absolute Gasteiger partial charge is 0.307 e. The molecule has 4 nitrogen and oxygen atoms in total. The number of amides is 1. The number of rotatable bonds is 3. The zero-order valence-corrected chi connectivity index (χ0v) is 13.1. The third-order valence-electron chi connectivity index (χ3n) is 4.97. The van der Waals surface area contributed by atoms with Gasteiger partial charge in [-0.25, -0.2) is 0 Å². The number of carboxylic acid groups (broad SMARTS) is 1. The number of allylic oxidation sites excluding steroid dienone is 2. The molecule has 2 N–H and O–H groups in total. The summed E-state index contributed by atoms with van der Waals surface area (Å²) in [6.07, 6.45) is 4.74. The molecule has 1 saturated carbocycles. The first-order valence-corrected chi connectivity index (χ1v) is 7.68. The van der Waals surface area contributed by atoms with Crippen molar-refractivity contribution in [2.24, 2.45) is 23.7 Å². The number of aliphatic carboxylic acids is 1. The highest BCUT2D eigenvalue weighted by molar-refractivity contribution is 5.97. The fourth-order valence-corrected chi connectivity index (χ4v) is 4.10. The van der Waals surface area contributed by atoms with Crippen molar-refractivity contribution in [1.29, 1.82) is 0 Å². The fraction of sp³-hybridized carbons (Fsp3) is 0.444. The van der Waals surface area contributed by atoms with Crippen LogP contribution < -0.4 is 5.32 Å². The average Bonchev–Trinajstić information content (AvgIpc) is 3.02. The van der Waals surface area contributed by atoms with Gasteiger partial charge < -0.3 is 10.4 Å². The Kier molecular flexibility index (Phi) is 3.55. The van der Waals surface area contributed by atoms with Crippen LogP contribution in [0.4, 0.5) is 5.69 Å². The van der Waals surface area contributed by atoms with Gasteiger partial charge in [-0.15, -0.1) is 0 Å². The summed E-state index contributed by atoms with van der Waals surface area (Å²) < 4.78 is 0. The molecule has 116 valence electrons. The van der Waals surface area contributed by atoms with E-state index in [1.807, 2.05) is 45.1 Å². The van der Waals surface area contributed by atoms with Crippen molar-refractivity contribution < 1.29 is 14.7 Å². The van der Waals surface area contributed by atoms with Crippen LogP contribution in [0.3, 0.4) is 0 Å². The third kappa shape index (κ3) is 2.32. The van der Waals surface area contributed by atoms with Crippen molar-refractivity contribution in [2.45, 2.75) is 27.2 Å². The Morgan fingerprint density at radius 2 is 1.59 bits per heavy atom. The molecule has 4 heteroatoms. The Labute approximate surface area is 130 Å². The van der Waals surface area contributed by atoms with Gasteiger partial charge in [0.1, 0.15) is 0 Å². The van der Waals surface area contributed by atoms with Gasteiger partial charge in [0.05, 0.1) is 11.8 Å². The van der Waals surface area contributed by atoms with Gasteiger partial charge >= 0.3 is 5.97 Å². The van der Waals surface area contributed by atoms with Gasteiger partial charge in [-0.05, 0) is 50.2 Å². The molecule has 0 aliphatic heterocycles. The summed E-state index contributed by atoms with van der Waals surface area (Å²) in [6.45, 7) is 5.95. The van der Waals surface area contributed by atoms with Gasteiger partial charge in [-0.1, -0.05) is 29.8 Å². The number of nitrogens with one attached hydrogen (secondary N) is 1. The van der Waals surface area contributed by atoms with E-state index in [1.165, 1.54) is 0 Å². The second-order valence-corrected chi connectivity index (χ2v) is 6.60. The van der Waals surface area contributed by atoms with Gasteiger partial charge in [0.2, 0.25) is 5.91 Å². The largest absolute Gasteiger partial charge is 0.481 e. The molecular weight excluding hydrogens is 278 g/mol. The van der Waals surface area contributed by atoms with Crippen LogP contribution in [0.25, 0.3) is 0 Å². The standard InChI is InChI=1S/C18H21NO3/c1-9-6-10(2)16(11(3)7-9)19-17(20)14-12-4-5-13(8-12)15(14)18(21)22/h4-7,12-15H,8H2,1-3H3,(H,19,20)(H,21,22)/t12-,13-,14+,15-/m0/s1. The third-order valence-corrected chi connectivity index (χ3v) is 4.97. The normalized spacial score (nSPS) is 28.9. The second-order valence-electron chi connectivity index (χ2n) is 6.60. The highest BCUT2D eigenvalue weighted by Crippen LogP contribution is 2.48. The monoisotopic (exact) mass is 299 g/mol. The second kappa shape index (κ2) is 5.27. The van der Waals surface area contributed by atoms with Crippen LogP contribution >= 0.6 is 0 Å². The van der Waals surface area contributed by atoms with Gasteiger partial charge in [0.25, 0.3) is 0 Å². The first-order valence-electron chi connectivity index (χ1n) is 7.68. The Hall–Kier alpha value is -2.10. The first kappa shape index (κ1) is 14.8. The molecule has 3 rings (SSSR count). The minimum Gasteiger partial charge on any atom is -0.481 e. The van der Waals surface area contributed by atoms with Crippen LogP contribution in [-0.4, -0.2) is 17.0 Å². The van der Waals surface area contributed by atoms with Crippen molar-refractivity contribution in [1.82, 2.24) is 0 Å². The number of anilines is 1. The molecular formula is C18H21NO3. The highest BCUT2D eigenvalue weighted by Gasteiger charge is 2.51. The lowest BCUT2D eigenvalue weighted by Crippen LogP contribution is -2.36. The van der Waals surface area contributed by atoms with Crippen molar-refractivity contribution >= 4 is 17.6 Å². The lowest BCUT2D eigenvalue weighted by molar-refractivity contribution is -0.146. The zero-order chi connectivity index (χ0) is 16.0. The number of benzene rings is 1. The minimum atomic E-state index is -0.866. The summed E-state index contributed by atoms with van der Waals surface area (Å²) in [5.74, 6) is -2.04. The predicted octanol–water partition coefficient (Wildman–Crippen LogP) is 3.07. The maximum atomic E-state index is 12.7. The molecule has 0 heterocycles. The number of carbonyl (C=O) groups excluding carboxylic acids is 1. The number of hydrogen-bond donors (Lipinski definition) is 2. The van der Waals surface area contributed by atoms with Gasteiger partial charge in [-0.3, -0.25) is 9.59 Å². The van der Waals surface area contributed by atoms with Crippen molar-refractivity contribution in [3.05, 3.63) is 41.0 Å². The van der Waals surface area contributed by atoms with E-state index in [0.717, 1.165) is 28.8 Å². The fourth-order valence-electron chi connectivity index (χ4n) is 4.10. The molecule has 2 aliphatic carbocycles. The maximum Gasteiger partial charge on any atom is 0.307 e. The Bertz CT molecular complexity index is 654. The van der Waals surface area contributed by atoms with Crippen molar-refractivity contribution in [3.63, 3.8) is 0 Å². The van der Waals surface area contributed by atoms with Crippen LogP contribution in [0.1, 0.15) is 23.1 Å². The number of fused-ring (bicyclic) bond motifs is 2. The molecule has 0 unspecified atom stereocenters. The Morgan fingerprint density at radius 3 is 2.14 bits per heavy atom. The maximum absolute atomic E-state index is 12.7. The summed E-state index contributed by atoms with van der Waals surface area (Å²) in [6, 6.07) is 4.05. The molecule has 0 spiro atoms. The van der Waals surface area contributed by atoms with E-state index in [9.17, 15) is 14.7 Å². The lowest BCUT2D eigenvalue weighted by atomic mass is 9.82. The summed E-state index contributed by atoms with van der Waals surface area (Å²) >= 11 is 0. The first-order chi connectivity index (χ1) is 10.4. The molecule has 1 fully saturated rings. The summed E-state index contributed by atoms with van der Waals surface area (Å²) in [7, 11) is 0. The van der Waals surface area contributed by atoms with E-state index in [2.05, 4.69) is 5.32 Å². The predicted molar refractivity (Wildman–Crippen MR) is 84.6 cm³/mol. The van der Waals surface area contributed by atoms with E-state index in [-0.39, 0.29) is 17.7 Å². The number of carboxylic acids is 1. The van der Waals surface area contributed by atoms with Gasteiger partial charge in [0.15, 0.2) is 0 Å². The van der Waals surface area contributed by atoms with Crippen molar-refractivity contribution in [2.75, 3.05) is 5.32 Å². The zero-order valence-electron chi connectivity index (χ0n) is 13.1. The van der Waals surface area contributed by atoms with Crippen LogP contribution in [0, 0.1) is 44.4 Å². The molecule has 1 aromatic carbocycles. The Morgan fingerprint density at radius 1 is 1.05 bits per heavy atom. The Balaban J connectivity index is 1.86. The summed E-state index contributed by atoms with van der Waals surface area (Å²) in [5, 5.41) is 12.4. The number of hydrogen-bond acceptors (Lipinski definition) is 2. The summed E-state index contributed by atoms with van der Waals surface area (Å²) in [4.78, 5) is 24.2. The van der Waals surface area contributed by atoms with E-state index < -0.39 is 17.8 Å². The molecule has 0 aromatic heterocycles.